The van der Waals surface area contributed by atoms with Crippen molar-refractivity contribution < 1.29 is 19.1 Å². The topological polar surface area (TPSA) is 92.8 Å². The number of anilines is 1. The van der Waals surface area contributed by atoms with Crippen LogP contribution < -0.4 is 25.0 Å². The van der Waals surface area contributed by atoms with E-state index in [-0.39, 0.29) is 18.0 Å². The van der Waals surface area contributed by atoms with Crippen LogP contribution in [-0.4, -0.2) is 35.8 Å². The molecule has 8 nitrogen and oxygen atoms in total. The molecule has 0 aliphatic carbocycles. The maximum absolute atomic E-state index is 13.2. The highest BCUT2D eigenvalue weighted by molar-refractivity contribution is 5.99. The summed E-state index contributed by atoms with van der Waals surface area (Å²) in [6, 6.07) is 16.2. The normalized spacial score (nSPS) is 20.3. The molecule has 3 amide bonds. The van der Waals surface area contributed by atoms with Gasteiger partial charge in [0.05, 0.1) is 18.3 Å². The summed E-state index contributed by atoms with van der Waals surface area (Å²) in [5, 5.41) is 6.04. The molecule has 1 saturated heterocycles. The predicted molar refractivity (Wildman–Crippen MR) is 132 cm³/mol. The molecule has 0 saturated carbocycles. The summed E-state index contributed by atoms with van der Waals surface area (Å²) in [7, 11) is 0. The molecule has 2 aromatic carbocycles. The van der Waals surface area contributed by atoms with Crippen LogP contribution in [0, 0.1) is 0 Å². The van der Waals surface area contributed by atoms with Gasteiger partial charge in [0.1, 0.15) is 0 Å². The summed E-state index contributed by atoms with van der Waals surface area (Å²) < 4.78 is 12.2. The van der Waals surface area contributed by atoms with Crippen LogP contribution in [0.1, 0.15) is 47.8 Å². The summed E-state index contributed by atoms with van der Waals surface area (Å²) in [5.41, 5.74) is 2.07. The number of hydrogen-bond donors (Lipinski definition) is 2. The highest BCUT2D eigenvalue weighted by atomic mass is 16.5. The third-order valence-corrected chi connectivity index (χ3v) is 6.35. The number of nitrogens with one attached hydrogen (secondary N) is 2. The molecule has 8 heteroatoms. The lowest BCUT2D eigenvalue weighted by Gasteiger charge is -2.50. The van der Waals surface area contributed by atoms with Gasteiger partial charge < -0.3 is 20.1 Å². The Morgan fingerprint density at radius 1 is 1.26 bits per heavy atom. The quantitative estimate of drug-likeness (QED) is 0.537. The first kappa shape index (κ1) is 22.7. The van der Waals surface area contributed by atoms with Gasteiger partial charge in [-0.25, -0.2) is 4.79 Å². The summed E-state index contributed by atoms with van der Waals surface area (Å²) >= 11 is 0. The smallest absolute Gasteiger partial charge is 0.325 e. The molecule has 2 atom stereocenters. The lowest BCUT2D eigenvalue weighted by Crippen LogP contribution is -2.65. The highest BCUT2D eigenvalue weighted by Crippen LogP contribution is 2.49. The molecule has 2 aliphatic rings. The maximum atomic E-state index is 13.2. The lowest BCUT2D eigenvalue weighted by molar-refractivity contribution is 0.0343. The molecular formula is C27H28N4O4. The zero-order valence-electron chi connectivity index (χ0n) is 19.8. The number of pyridine rings is 1. The van der Waals surface area contributed by atoms with Crippen LogP contribution in [0.2, 0.25) is 0 Å². The van der Waals surface area contributed by atoms with Gasteiger partial charge in [-0.2, -0.15) is 0 Å². The molecule has 1 unspecified atom stereocenters. The standard InChI is InChI=1S/C27H28N4O4/c1-3-34-23-11-5-10-21-22-16-27(2,35-24(21)23)31(26(33)30-22)20-9-4-8-19(15-20)25(32)29-14-12-18-7-6-13-28-17-18/h4-11,13,15,17,22H,3,12,14,16H2,1-2H3,(H,29,32)(H,30,33)/t22?,27-/m1/s1. The fourth-order valence-corrected chi connectivity index (χ4v) is 4.77. The van der Waals surface area contributed by atoms with Crippen LogP contribution >= 0.6 is 0 Å². The van der Waals surface area contributed by atoms with Crippen LogP contribution in [0.25, 0.3) is 0 Å². The fraction of sp³-hybridized carbons (Fsp3) is 0.296. The minimum absolute atomic E-state index is 0.188. The van der Waals surface area contributed by atoms with Gasteiger partial charge in [0, 0.05) is 36.5 Å². The molecule has 3 aromatic rings. The van der Waals surface area contributed by atoms with Crippen LogP contribution in [0.15, 0.2) is 67.0 Å². The molecule has 3 heterocycles. The van der Waals surface area contributed by atoms with E-state index in [9.17, 15) is 9.59 Å². The molecule has 0 radical (unpaired) electrons. The van der Waals surface area contributed by atoms with E-state index in [1.54, 1.807) is 35.5 Å². The summed E-state index contributed by atoms with van der Waals surface area (Å²) in [4.78, 5) is 31.8. The third-order valence-electron chi connectivity index (χ3n) is 6.35. The SMILES string of the molecule is CCOc1cccc2c1O[C@]1(C)CC2NC(=O)N1c1cccc(C(=O)NCCc2cccnc2)c1. The van der Waals surface area contributed by atoms with E-state index in [0.717, 1.165) is 11.1 Å². The number of hydrogen-bond acceptors (Lipinski definition) is 5. The van der Waals surface area contributed by atoms with Gasteiger partial charge in [0.15, 0.2) is 17.2 Å². The largest absolute Gasteiger partial charge is 0.490 e. The first-order valence-corrected chi connectivity index (χ1v) is 11.8. The van der Waals surface area contributed by atoms with Gasteiger partial charge in [-0.3, -0.25) is 14.7 Å². The number of benzene rings is 2. The molecule has 35 heavy (non-hydrogen) atoms. The Labute approximate surface area is 204 Å². The predicted octanol–water partition coefficient (Wildman–Crippen LogP) is 4.22. The second-order valence-electron chi connectivity index (χ2n) is 8.84. The Kier molecular flexibility index (Phi) is 6.03. The van der Waals surface area contributed by atoms with Gasteiger partial charge in [-0.1, -0.05) is 24.3 Å². The van der Waals surface area contributed by atoms with E-state index in [0.29, 0.717) is 48.7 Å². The van der Waals surface area contributed by atoms with Crippen molar-refractivity contribution in [2.45, 2.75) is 38.5 Å². The Bertz CT molecular complexity index is 1250. The number of para-hydroxylation sites is 1. The van der Waals surface area contributed by atoms with Crippen molar-refractivity contribution in [2.24, 2.45) is 0 Å². The summed E-state index contributed by atoms with van der Waals surface area (Å²) in [6.45, 7) is 4.81. The monoisotopic (exact) mass is 472 g/mol. The van der Waals surface area contributed by atoms with Crippen molar-refractivity contribution in [2.75, 3.05) is 18.1 Å². The minimum atomic E-state index is -0.942. The van der Waals surface area contributed by atoms with Crippen LogP contribution in [-0.2, 0) is 6.42 Å². The van der Waals surface area contributed by atoms with Gasteiger partial charge >= 0.3 is 6.03 Å². The van der Waals surface area contributed by atoms with Crippen molar-refractivity contribution in [3.05, 3.63) is 83.7 Å². The van der Waals surface area contributed by atoms with Gasteiger partial charge in [0.25, 0.3) is 5.91 Å². The average molecular weight is 473 g/mol. The van der Waals surface area contributed by atoms with E-state index >= 15 is 0 Å². The number of urea groups is 1. The molecule has 1 aromatic heterocycles. The Balaban J connectivity index is 1.37. The number of fused-ring (bicyclic) bond motifs is 4. The van der Waals surface area contributed by atoms with Crippen molar-refractivity contribution in [1.82, 2.24) is 15.6 Å². The second kappa shape index (κ2) is 9.29. The van der Waals surface area contributed by atoms with E-state index in [4.69, 9.17) is 9.47 Å². The van der Waals surface area contributed by atoms with Crippen LogP contribution in [0.4, 0.5) is 10.5 Å². The van der Waals surface area contributed by atoms with Crippen LogP contribution in [0.5, 0.6) is 11.5 Å². The molecule has 5 rings (SSSR count). The molecular weight excluding hydrogens is 444 g/mol. The van der Waals surface area contributed by atoms with Crippen molar-refractivity contribution in [3.63, 3.8) is 0 Å². The lowest BCUT2D eigenvalue weighted by atomic mass is 9.89. The number of rotatable bonds is 7. The third kappa shape index (κ3) is 4.39. The van der Waals surface area contributed by atoms with E-state index in [1.807, 2.05) is 50.2 Å². The number of carbonyl (C=O) groups excluding carboxylic acids is 2. The Morgan fingerprint density at radius 2 is 2.11 bits per heavy atom. The minimum Gasteiger partial charge on any atom is -0.490 e. The van der Waals surface area contributed by atoms with E-state index < -0.39 is 5.72 Å². The highest BCUT2D eigenvalue weighted by Gasteiger charge is 2.50. The first-order valence-electron chi connectivity index (χ1n) is 11.8. The number of nitrogens with zero attached hydrogens (tertiary/aromatic N) is 2. The van der Waals surface area contributed by atoms with E-state index in [2.05, 4.69) is 15.6 Å². The molecule has 0 spiro atoms. The second-order valence-corrected chi connectivity index (χ2v) is 8.84. The zero-order valence-corrected chi connectivity index (χ0v) is 19.8. The number of aromatic nitrogens is 1. The van der Waals surface area contributed by atoms with E-state index in [1.165, 1.54) is 0 Å². The Morgan fingerprint density at radius 3 is 2.91 bits per heavy atom. The van der Waals surface area contributed by atoms with Gasteiger partial charge in [-0.05, 0) is 56.2 Å². The molecule has 2 bridgehead atoms. The van der Waals surface area contributed by atoms with Gasteiger partial charge in [-0.15, -0.1) is 0 Å². The number of carbonyl (C=O) groups is 2. The summed E-state index contributed by atoms with van der Waals surface area (Å²) in [5.74, 6) is 1.09. The number of amides is 3. The molecule has 2 N–H and O–H groups in total. The number of ether oxygens (including phenoxy) is 2. The first-order chi connectivity index (χ1) is 17.0. The van der Waals surface area contributed by atoms with Crippen LogP contribution in [0.3, 0.4) is 0 Å². The summed E-state index contributed by atoms with van der Waals surface area (Å²) in [6.07, 6.45) is 4.75. The van der Waals surface area contributed by atoms with Crippen molar-refractivity contribution in [1.29, 1.82) is 0 Å². The van der Waals surface area contributed by atoms with Gasteiger partial charge in [0.2, 0.25) is 0 Å². The maximum Gasteiger partial charge on any atom is 0.325 e. The van der Waals surface area contributed by atoms with Crippen molar-refractivity contribution in [3.8, 4) is 11.5 Å². The van der Waals surface area contributed by atoms with Crippen molar-refractivity contribution >= 4 is 17.6 Å². The molecule has 180 valence electrons. The Hall–Kier alpha value is -4.07. The molecule has 1 fully saturated rings. The average Bonchev–Trinajstić information content (AvgIpc) is 2.85. The molecule has 2 aliphatic heterocycles. The zero-order chi connectivity index (χ0) is 24.4. The fourth-order valence-electron chi connectivity index (χ4n) is 4.77.